The summed E-state index contributed by atoms with van der Waals surface area (Å²) in [5, 5.41) is 0. The first-order valence-corrected chi connectivity index (χ1v) is 8.87. The SMILES string of the molecule is CC(C)(C)OC(=O)N1CCC(C(CN)c2ccccc2C(F)(F)F)CC1. The van der Waals surface area contributed by atoms with Gasteiger partial charge in [0.05, 0.1) is 5.56 Å². The van der Waals surface area contributed by atoms with Gasteiger partial charge in [-0.25, -0.2) is 4.79 Å². The van der Waals surface area contributed by atoms with Crippen LogP contribution in [-0.4, -0.2) is 36.2 Å². The molecule has 1 heterocycles. The Bertz CT molecular complexity index is 618. The van der Waals surface area contributed by atoms with Gasteiger partial charge in [-0.1, -0.05) is 18.2 Å². The first kappa shape index (κ1) is 20.6. The molecule has 0 radical (unpaired) electrons. The Morgan fingerprint density at radius 1 is 1.23 bits per heavy atom. The molecule has 2 rings (SSSR count). The van der Waals surface area contributed by atoms with Crippen LogP contribution in [0.5, 0.6) is 0 Å². The largest absolute Gasteiger partial charge is 0.444 e. The number of halogens is 3. The van der Waals surface area contributed by atoms with E-state index in [0.717, 1.165) is 6.07 Å². The zero-order valence-corrected chi connectivity index (χ0v) is 15.5. The molecular formula is C19H27F3N2O2. The van der Waals surface area contributed by atoms with Crippen molar-refractivity contribution >= 4 is 6.09 Å². The van der Waals surface area contributed by atoms with Crippen LogP contribution in [0, 0.1) is 5.92 Å². The molecule has 1 fully saturated rings. The molecule has 1 unspecified atom stereocenters. The Balaban J connectivity index is 2.09. The zero-order chi connectivity index (χ0) is 19.5. The maximum atomic E-state index is 13.3. The van der Waals surface area contributed by atoms with Gasteiger partial charge in [0.15, 0.2) is 0 Å². The number of carbonyl (C=O) groups is 1. The van der Waals surface area contributed by atoms with Crippen molar-refractivity contribution in [3.8, 4) is 0 Å². The standard InChI is InChI=1S/C19H27F3N2O2/c1-18(2,3)26-17(25)24-10-8-13(9-11-24)15(12-23)14-6-4-5-7-16(14)19(20,21)22/h4-7,13,15H,8-12,23H2,1-3H3. The average Bonchev–Trinajstić information content (AvgIpc) is 2.54. The molecule has 0 aromatic heterocycles. The fourth-order valence-electron chi connectivity index (χ4n) is 3.46. The second-order valence-corrected chi connectivity index (χ2v) is 7.73. The number of likely N-dealkylation sites (tertiary alicyclic amines) is 1. The summed E-state index contributed by atoms with van der Waals surface area (Å²) < 4.78 is 45.3. The van der Waals surface area contributed by atoms with E-state index in [0.29, 0.717) is 25.9 Å². The van der Waals surface area contributed by atoms with Crippen LogP contribution < -0.4 is 5.73 Å². The molecule has 0 spiro atoms. The molecule has 1 saturated heterocycles. The van der Waals surface area contributed by atoms with Gasteiger partial charge in [0.25, 0.3) is 0 Å². The second kappa shape index (κ2) is 7.86. The van der Waals surface area contributed by atoms with E-state index in [1.807, 2.05) is 0 Å². The van der Waals surface area contributed by atoms with E-state index < -0.39 is 17.3 Å². The van der Waals surface area contributed by atoms with Gasteiger partial charge in [-0.05, 0) is 63.6 Å². The zero-order valence-electron chi connectivity index (χ0n) is 15.5. The number of hydrogen-bond donors (Lipinski definition) is 1. The minimum absolute atomic E-state index is 0.00202. The molecule has 4 nitrogen and oxygen atoms in total. The smallest absolute Gasteiger partial charge is 0.416 e. The van der Waals surface area contributed by atoms with Gasteiger partial charge in [-0.3, -0.25) is 0 Å². The summed E-state index contributed by atoms with van der Waals surface area (Å²) in [6, 6.07) is 5.63. The first-order chi connectivity index (χ1) is 12.0. The molecule has 1 aliphatic heterocycles. The van der Waals surface area contributed by atoms with E-state index in [-0.39, 0.29) is 30.0 Å². The molecule has 1 amide bonds. The van der Waals surface area contributed by atoms with Crippen LogP contribution >= 0.6 is 0 Å². The number of ether oxygens (including phenoxy) is 1. The van der Waals surface area contributed by atoms with Crippen molar-refractivity contribution in [2.24, 2.45) is 11.7 Å². The predicted octanol–water partition coefficient (Wildman–Crippen LogP) is 4.39. The van der Waals surface area contributed by atoms with Gasteiger partial charge in [0.2, 0.25) is 0 Å². The number of nitrogens with two attached hydrogens (primary N) is 1. The summed E-state index contributed by atoms with van der Waals surface area (Å²) in [5.74, 6) is -0.379. The van der Waals surface area contributed by atoms with Crippen molar-refractivity contribution in [1.82, 2.24) is 4.90 Å². The predicted molar refractivity (Wildman–Crippen MR) is 93.8 cm³/mol. The Kier molecular flexibility index (Phi) is 6.21. The van der Waals surface area contributed by atoms with E-state index in [1.165, 1.54) is 12.1 Å². The highest BCUT2D eigenvalue weighted by Gasteiger charge is 2.37. The maximum Gasteiger partial charge on any atom is 0.416 e. The fraction of sp³-hybridized carbons (Fsp3) is 0.632. The van der Waals surface area contributed by atoms with Crippen LogP contribution in [0.4, 0.5) is 18.0 Å². The van der Waals surface area contributed by atoms with Gasteiger partial charge in [-0.2, -0.15) is 13.2 Å². The van der Waals surface area contributed by atoms with Gasteiger partial charge in [0, 0.05) is 13.1 Å². The van der Waals surface area contributed by atoms with E-state index in [9.17, 15) is 18.0 Å². The maximum absolute atomic E-state index is 13.3. The Labute approximate surface area is 152 Å². The van der Waals surface area contributed by atoms with Gasteiger partial charge >= 0.3 is 12.3 Å². The Hall–Kier alpha value is -1.76. The fourth-order valence-corrected chi connectivity index (χ4v) is 3.46. The lowest BCUT2D eigenvalue weighted by Crippen LogP contribution is -2.43. The summed E-state index contributed by atoms with van der Waals surface area (Å²) in [6.45, 7) is 6.47. The summed E-state index contributed by atoms with van der Waals surface area (Å²) in [5.41, 5.74) is 4.91. The third-order valence-corrected chi connectivity index (χ3v) is 4.68. The highest BCUT2D eigenvalue weighted by Crippen LogP contribution is 2.40. The molecule has 0 aliphatic carbocycles. The number of piperidine rings is 1. The van der Waals surface area contributed by atoms with Crippen molar-refractivity contribution in [3.05, 3.63) is 35.4 Å². The summed E-state index contributed by atoms with van der Waals surface area (Å²) in [7, 11) is 0. The van der Waals surface area contributed by atoms with Gasteiger partial charge in [0.1, 0.15) is 5.60 Å². The van der Waals surface area contributed by atoms with E-state index in [1.54, 1.807) is 31.7 Å². The number of nitrogens with zero attached hydrogens (tertiary/aromatic N) is 1. The number of alkyl halides is 3. The van der Waals surface area contributed by atoms with Crippen LogP contribution in [0.3, 0.4) is 0 Å². The van der Waals surface area contributed by atoms with Crippen molar-refractivity contribution < 1.29 is 22.7 Å². The lowest BCUT2D eigenvalue weighted by atomic mass is 9.78. The molecule has 7 heteroatoms. The quantitative estimate of drug-likeness (QED) is 0.856. The molecule has 1 aromatic carbocycles. The van der Waals surface area contributed by atoms with E-state index in [2.05, 4.69) is 0 Å². The number of amides is 1. The number of benzene rings is 1. The molecule has 1 aromatic rings. The molecular weight excluding hydrogens is 345 g/mol. The second-order valence-electron chi connectivity index (χ2n) is 7.73. The van der Waals surface area contributed by atoms with Crippen molar-refractivity contribution in [2.75, 3.05) is 19.6 Å². The molecule has 1 aliphatic rings. The molecule has 2 N–H and O–H groups in total. The van der Waals surface area contributed by atoms with Crippen LogP contribution in [-0.2, 0) is 10.9 Å². The van der Waals surface area contributed by atoms with Crippen molar-refractivity contribution in [2.45, 2.75) is 51.3 Å². The number of rotatable bonds is 3. The minimum Gasteiger partial charge on any atom is -0.444 e. The first-order valence-electron chi connectivity index (χ1n) is 8.87. The summed E-state index contributed by atoms with van der Waals surface area (Å²) in [6.07, 6.45) is -3.57. The topological polar surface area (TPSA) is 55.6 Å². The third-order valence-electron chi connectivity index (χ3n) is 4.68. The monoisotopic (exact) mass is 372 g/mol. The van der Waals surface area contributed by atoms with Crippen LogP contribution in [0.2, 0.25) is 0 Å². The van der Waals surface area contributed by atoms with Crippen LogP contribution in [0.25, 0.3) is 0 Å². The van der Waals surface area contributed by atoms with Crippen molar-refractivity contribution in [1.29, 1.82) is 0 Å². The highest BCUT2D eigenvalue weighted by molar-refractivity contribution is 5.68. The lowest BCUT2D eigenvalue weighted by Gasteiger charge is -2.37. The molecule has 0 bridgehead atoms. The molecule has 146 valence electrons. The number of hydrogen-bond acceptors (Lipinski definition) is 3. The number of carbonyl (C=O) groups excluding carboxylic acids is 1. The van der Waals surface area contributed by atoms with Gasteiger partial charge in [-0.15, -0.1) is 0 Å². The van der Waals surface area contributed by atoms with Crippen LogP contribution in [0.15, 0.2) is 24.3 Å². The molecule has 0 saturated carbocycles. The Morgan fingerprint density at radius 3 is 2.31 bits per heavy atom. The molecule has 26 heavy (non-hydrogen) atoms. The minimum atomic E-state index is -4.40. The summed E-state index contributed by atoms with van der Waals surface area (Å²) >= 11 is 0. The van der Waals surface area contributed by atoms with E-state index >= 15 is 0 Å². The summed E-state index contributed by atoms with van der Waals surface area (Å²) in [4.78, 5) is 13.8. The van der Waals surface area contributed by atoms with E-state index in [4.69, 9.17) is 10.5 Å². The molecule has 1 atom stereocenters. The van der Waals surface area contributed by atoms with Gasteiger partial charge < -0.3 is 15.4 Å². The highest BCUT2D eigenvalue weighted by atomic mass is 19.4. The van der Waals surface area contributed by atoms with Crippen LogP contribution in [0.1, 0.15) is 50.7 Å². The average molecular weight is 372 g/mol. The lowest BCUT2D eigenvalue weighted by molar-refractivity contribution is -0.138. The van der Waals surface area contributed by atoms with Crippen molar-refractivity contribution in [3.63, 3.8) is 0 Å². The third kappa shape index (κ3) is 5.13. The normalized spacial score (nSPS) is 17.9. The Morgan fingerprint density at radius 2 is 1.81 bits per heavy atom.